The largest absolute Gasteiger partial charge is 0.478 e. The van der Waals surface area contributed by atoms with Crippen LogP contribution in [0.4, 0.5) is 0 Å². The van der Waals surface area contributed by atoms with Gasteiger partial charge in [0, 0.05) is 12.1 Å². The minimum absolute atomic E-state index is 0.245. The number of hydrogen-bond donors (Lipinski definition) is 2. The van der Waals surface area contributed by atoms with Gasteiger partial charge in [0.1, 0.15) is 0 Å². The van der Waals surface area contributed by atoms with E-state index in [1.54, 1.807) is 6.08 Å². The Hall–Kier alpha value is -2.36. The molecule has 0 atom stereocenters. The third kappa shape index (κ3) is 5.65. The second-order valence-corrected chi connectivity index (χ2v) is 4.93. The number of amides is 1. The van der Waals surface area contributed by atoms with Gasteiger partial charge in [-0.1, -0.05) is 30.3 Å². The molecule has 0 saturated carbocycles. The van der Waals surface area contributed by atoms with E-state index in [2.05, 4.69) is 11.9 Å². The van der Waals surface area contributed by atoms with E-state index in [9.17, 15) is 14.7 Å². The summed E-state index contributed by atoms with van der Waals surface area (Å²) in [7, 11) is 0. The number of carboxylic acids is 1. The summed E-state index contributed by atoms with van der Waals surface area (Å²) in [5.41, 5.74) is 3.45. The standard InChI is InChI=1S/C17H21NO3/c1-4-16(19)18-9-5-6-15(17(20)21)11-14-8-7-12(2)10-13(14)3/h4,7-8,10-11H,1,5-6,9H2,2-3H3,(H,18,19)(H,20,21)/b15-11+. The van der Waals surface area contributed by atoms with Crippen LogP contribution in [0.3, 0.4) is 0 Å². The number of rotatable bonds is 7. The lowest BCUT2D eigenvalue weighted by Crippen LogP contribution is -2.22. The fraction of sp³-hybridized carbons (Fsp3) is 0.294. The molecule has 21 heavy (non-hydrogen) atoms. The second-order valence-electron chi connectivity index (χ2n) is 4.93. The SMILES string of the molecule is C=CC(=O)NCCC/C(=C\c1ccc(C)cc1C)C(=O)O. The first-order valence-corrected chi connectivity index (χ1v) is 6.85. The third-order valence-electron chi connectivity index (χ3n) is 3.14. The molecule has 0 radical (unpaired) electrons. The highest BCUT2D eigenvalue weighted by molar-refractivity contribution is 5.92. The minimum Gasteiger partial charge on any atom is -0.478 e. The van der Waals surface area contributed by atoms with Crippen LogP contribution in [0.5, 0.6) is 0 Å². The van der Waals surface area contributed by atoms with Crippen LogP contribution in [0.15, 0.2) is 36.4 Å². The third-order valence-corrected chi connectivity index (χ3v) is 3.14. The van der Waals surface area contributed by atoms with Crippen LogP contribution in [0.25, 0.3) is 6.08 Å². The van der Waals surface area contributed by atoms with Gasteiger partial charge in [-0.15, -0.1) is 0 Å². The Bertz CT molecular complexity index is 573. The van der Waals surface area contributed by atoms with Crippen molar-refractivity contribution in [3.63, 3.8) is 0 Å². The first-order chi connectivity index (χ1) is 9.93. The zero-order valence-electron chi connectivity index (χ0n) is 12.5. The van der Waals surface area contributed by atoms with Gasteiger partial charge < -0.3 is 10.4 Å². The quantitative estimate of drug-likeness (QED) is 0.598. The molecule has 0 aromatic heterocycles. The van der Waals surface area contributed by atoms with Gasteiger partial charge in [0.2, 0.25) is 5.91 Å². The topological polar surface area (TPSA) is 66.4 Å². The van der Waals surface area contributed by atoms with Crippen molar-refractivity contribution in [3.05, 3.63) is 53.1 Å². The van der Waals surface area contributed by atoms with Crippen molar-refractivity contribution in [3.8, 4) is 0 Å². The van der Waals surface area contributed by atoms with E-state index in [1.807, 2.05) is 32.0 Å². The number of hydrogen-bond acceptors (Lipinski definition) is 2. The average molecular weight is 287 g/mol. The van der Waals surface area contributed by atoms with E-state index in [-0.39, 0.29) is 5.91 Å². The van der Waals surface area contributed by atoms with Gasteiger partial charge in [0.05, 0.1) is 0 Å². The highest BCUT2D eigenvalue weighted by atomic mass is 16.4. The van der Waals surface area contributed by atoms with Gasteiger partial charge in [-0.3, -0.25) is 4.79 Å². The molecule has 1 amide bonds. The number of benzene rings is 1. The molecule has 112 valence electrons. The Balaban J connectivity index is 2.72. The maximum absolute atomic E-state index is 11.3. The van der Waals surface area contributed by atoms with Crippen molar-refractivity contribution in [2.45, 2.75) is 26.7 Å². The molecule has 0 aliphatic heterocycles. The molecular weight excluding hydrogens is 266 g/mol. The Morgan fingerprint density at radius 3 is 2.62 bits per heavy atom. The Morgan fingerprint density at radius 2 is 2.05 bits per heavy atom. The van der Waals surface area contributed by atoms with Gasteiger partial charge in [0.25, 0.3) is 0 Å². The molecule has 0 spiro atoms. The molecule has 0 unspecified atom stereocenters. The summed E-state index contributed by atoms with van der Waals surface area (Å²) >= 11 is 0. The molecule has 0 heterocycles. The van der Waals surface area contributed by atoms with Crippen molar-refractivity contribution in [1.82, 2.24) is 5.32 Å². The molecule has 1 aromatic rings. The van der Waals surface area contributed by atoms with E-state index in [0.717, 1.165) is 16.7 Å². The smallest absolute Gasteiger partial charge is 0.331 e. The predicted octanol–water partition coefficient (Wildman–Crippen LogP) is 2.85. The zero-order chi connectivity index (χ0) is 15.8. The first kappa shape index (κ1) is 16.7. The van der Waals surface area contributed by atoms with Crippen molar-refractivity contribution in [1.29, 1.82) is 0 Å². The summed E-state index contributed by atoms with van der Waals surface area (Å²) in [6.45, 7) is 7.75. The monoisotopic (exact) mass is 287 g/mol. The van der Waals surface area contributed by atoms with Crippen molar-refractivity contribution in [2.75, 3.05) is 6.54 Å². The highest BCUT2D eigenvalue weighted by Gasteiger charge is 2.08. The molecule has 0 saturated heterocycles. The lowest BCUT2D eigenvalue weighted by molar-refractivity contribution is -0.132. The minimum atomic E-state index is -0.926. The fourth-order valence-electron chi connectivity index (χ4n) is 1.98. The second kappa shape index (κ2) is 8.04. The number of carbonyl (C=O) groups excluding carboxylic acids is 1. The summed E-state index contributed by atoms with van der Waals surface area (Å²) < 4.78 is 0. The lowest BCUT2D eigenvalue weighted by atomic mass is 10.0. The van der Waals surface area contributed by atoms with Gasteiger partial charge >= 0.3 is 5.97 Å². The first-order valence-electron chi connectivity index (χ1n) is 6.85. The molecule has 2 N–H and O–H groups in total. The van der Waals surface area contributed by atoms with Gasteiger partial charge in [-0.2, -0.15) is 0 Å². The molecule has 0 fully saturated rings. The van der Waals surface area contributed by atoms with Crippen LogP contribution < -0.4 is 5.32 Å². The van der Waals surface area contributed by atoms with Gasteiger partial charge in [-0.25, -0.2) is 4.79 Å². The summed E-state index contributed by atoms with van der Waals surface area (Å²) in [5.74, 6) is -1.17. The van der Waals surface area contributed by atoms with Crippen molar-refractivity contribution >= 4 is 18.0 Å². The number of aryl methyl sites for hydroxylation is 2. The maximum atomic E-state index is 11.3. The molecular formula is C17H21NO3. The van der Waals surface area contributed by atoms with E-state index >= 15 is 0 Å². The normalized spacial score (nSPS) is 11.0. The van der Waals surface area contributed by atoms with Crippen LogP contribution in [0, 0.1) is 13.8 Å². The zero-order valence-corrected chi connectivity index (χ0v) is 12.5. The van der Waals surface area contributed by atoms with Crippen molar-refractivity contribution < 1.29 is 14.7 Å². The number of carbonyl (C=O) groups is 2. The molecule has 4 nitrogen and oxygen atoms in total. The molecule has 0 bridgehead atoms. The van der Waals surface area contributed by atoms with Gasteiger partial charge in [-0.05, 0) is 50.0 Å². The van der Waals surface area contributed by atoms with Gasteiger partial charge in [0.15, 0.2) is 0 Å². The Morgan fingerprint density at radius 1 is 1.33 bits per heavy atom. The summed E-state index contributed by atoms with van der Waals surface area (Å²) in [5, 5.41) is 11.9. The molecule has 1 rings (SSSR count). The number of carboxylic acid groups (broad SMARTS) is 1. The van der Waals surface area contributed by atoms with Crippen LogP contribution in [-0.2, 0) is 9.59 Å². The van der Waals surface area contributed by atoms with Crippen LogP contribution in [0.1, 0.15) is 29.5 Å². The fourth-order valence-corrected chi connectivity index (χ4v) is 1.98. The number of aliphatic carboxylic acids is 1. The average Bonchev–Trinajstić information content (AvgIpc) is 2.43. The summed E-state index contributed by atoms with van der Waals surface area (Å²) in [4.78, 5) is 22.3. The van der Waals surface area contributed by atoms with Crippen LogP contribution in [0.2, 0.25) is 0 Å². The molecule has 0 aliphatic carbocycles. The lowest BCUT2D eigenvalue weighted by Gasteiger charge is -2.06. The van der Waals surface area contributed by atoms with E-state index in [1.165, 1.54) is 6.08 Å². The van der Waals surface area contributed by atoms with E-state index < -0.39 is 5.97 Å². The van der Waals surface area contributed by atoms with Crippen LogP contribution in [-0.4, -0.2) is 23.5 Å². The summed E-state index contributed by atoms with van der Waals surface area (Å²) in [6.07, 6.45) is 3.87. The predicted molar refractivity (Wildman–Crippen MR) is 84.0 cm³/mol. The molecule has 0 aliphatic rings. The Labute approximate surface area is 125 Å². The highest BCUT2D eigenvalue weighted by Crippen LogP contribution is 2.17. The van der Waals surface area contributed by atoms with E-state index in [4.69, 9.17) is 0 Å². The van der Waals surface area contributed by atoms with Crippen molar-refractivity contribution in [2.24, 2.45) is 0 Å². The number of nitrogens with one attached hydrogen (secondary N) is 1. The maximum Gasteiger partial charge on any atom is 0.331 e. The molecule has 4 heteroatoms. The molecule has 1 aromatic carbocycles. The summed E-state index contributed by atoms with van der Waals surface area (Å²) in [6, 6.07) is 5.91. The Kier molecular flexibility index (Phi) is 6.40. The van der Waals surface area contributed by atoms with Crippen LogP contribution >= 0.6 is 0 Å². The van der Waals surface area contributed by atoms with E-state index in [0.29, 0.717) is 25.0 Å².